The van der Waals surface area contributed by atoms with Crippen molar-refractivity contribution in [3.63, 3.8) is 0 Å². The van der Waals surface area contributed by atoms with Crippen LogP contribution in [0.4, 0.5) is 4.39 Å². The zero-order valence-corrected chi connectivity index (χ0v) is 12.5. The van der Waals surface area contributed by atoms with Crippen molar-refractivity contribution in [3.05, 3.63) is 72.3 Å². The van der Waals surface area contributed by atoms with Crippen molar-refractivity contribution in [2.24, 2.45) is 0 Å². The lowest BCUT2D eigenvalue weighted by molar-refractivity contribution is 0.628. The minimum atomic E-state index is -0.221. The Balaban J connectivity index is 1.83. The second kappa shape index (κ2) is 6.48. The van der Waals surface area contributed by atoms with Gasteiger partial charge in [0.2, 0.25) is 0 Å². The van der Waals surface area contributed by atoms with E-state index in [9.17, 15) is 4.39 Å². The Labute approximate surface area is 129 Å². The lowest BCUT2D eigenvalue weighted by Gasteiger charge is -2.05. The van der Waals surface area contributed by atoms with Crippen molar-refractivity contribution < 1.29 is 4.39 Å². The summed E-state index contributed by atoms with van der Waals surface area (Å²) in [5.74, 6) is 0.506. The Morgan fingerprint density at radius 2 is 1.27 bits per heavy atom. The van der Waals surface area contributed by atoms with E-state index in [1.165, 1.54) is 12.1 Å². The molecule has 0 atom stereocenters. The third kappa shape index (κ3) is 3.19. The molecule has 0 radical (unpaired) electrons. The number of rotatable bonds is 4. The third-order valence-electron chi connectivity index (χ3n) is 3.56. The molecule has 3 aromatic rings. The van der Waals surface area contributed by atoms with Gasteiger partial charge in [-0.15, -0.1) is 0 Å². The van der Waals surface area contributed by atoms with E-state index in [2.05, 4.69) is 16.9 Å². The van der Waals surface area contributed by atoms with Crippen LogP contribution in [0.15, 0.2) is 60.9 Å². The highest BCUT2D eigenvalue weighted by molar-refractivity contribution is 5.67. The van der Waals surface area contributed by atoms with Gasteiger partial charge in [0.05, 0.1) is 0 Å². The van der Waals surface area contributed by atoms with E-state index in [4.69, 9.17) is 0 Å². The van der Waals surface area contributed by atoms with Crippen molar-refractivity contribution >= 4 is 0 Å². The van der Waals surface area contributed by atoms with E-state index in [1.54, 1.807) is 12.1 Å². The molecule has 0 unspecified atom stereocenters. The van der Waals surface area contributed by atoms with E-state index in [-0.39, 0.29) is 5.82 Å². The van der Waals surface area contributed by atoms with Crippen LogP contribution in [0, 0.1) is 5.82 Å². The maximum absolute atomic E-state index is 13.0. The van der Waals surface area contributed by atoms with Crippen LogP contribution >= 0.6 is 0 Å². The molecule has 0 spiro atoms. The fourth-order valence-electron chi connectivity index (χ4n) is 2.38. The van der Waals surface area contributed by atoms with E-state index in [1.807, 2.05) is 36.7 Å². The average molecular weight is 292 g/mol. The maximum Gasteiger partial charge on any atom is 0.159 e. The zero-order valence-electron chi connectivity index (χ0n) is 12.5. The SMILES string of the molecule is CCCc1cnc(-c2ccc(-c3ccc(F)cc3)cc2)nc1. The first-order valence-electron chi connectivity index (χ1n) is 7.43. The van der Waals surface area contributed by atoms with Crippen LogP contribution in [-0.2, 0) is 6.42 Å². The summed E-state index contributed by atoms with van der Waals surface area (Å²) >= 11 is 0. The van der Waals surface area contributed by atoms with Gasteiger partial charge in [-0.25, -0.2) is 14.4 Å². The molecule has 2 aromatic carbocycles. The molecule has 3 rings (SSSR count). The highest BCUT2D eigenvalue weighted by Crippen LogP contribution is 2.23. The Bertz CT molecular complexity index is 732. The fraction of sp³-hybridized carbons (Fsp3) is 0.158. The topological polar surface area (TPSA) is 25.8 Å². The van der Waals surface area contributed by atoms with Gasteiger partial charge in [0.15, 0.2) is 5.82 Å². The Kier molecular flexibility index (Phi) is 4.24. The second-order valence-corrected chi connectivity index (χ2v) is 5.25. The normalized spacial score (nSPS) is 10.6. The summed E-state index contributed by atoms with van der Waals surface area (Å²) in [4.78, 5) is 8.84. The average Bonchev–Trinajstić information content (AvgIpc) is 2.57. The second-order valence-electron chi connectivity index (χ2n) is 5.25. The minimum absolute atomic E-state index is 0.221. The Morgan fingerprint density at radius 3 is 1.82 bits per heavy atom. The van der Waals surface area contributed by atoms with Crippen molar-refractivity contribution in [1.29, 1.82) is 0 Å². The van der Waals surface area contributed by atoms with Crippen molar-refractivity contribution in [1.82, 2.24) is 9.97 Å². The van der Waals surface area contributed by atoms with Gasteiger partial charge in [-0.1, -0.05) is 49.7 Å². The number of hydrogen-bond acceptors (Lipinski definition) is 2. The molecule has 0 aliphatic carbocycles. The molecule has 22 heavy (non-hydrogen) atoms. The van der Waals surface area contributed by atoms with Gasteiger partial charge < -0.3 is 0 Å². The molecule has 1 aromatic heterocycles. The highest BCUT2D eigenvalue weighted by Gasteiger charge is 2.03. The molecule has 0 saturated carbocycles. The van der Waals surface area contributed by atoms with Gasteiger partial charge in [-0.2, -0.15) is 0 Å². The lowest BCUT2D eigenvalue weighted by atomic mass is 10.0. The van der Waals surface area contributed by atoms with Crippen LogP contribution < -0.4 is 0 Å². The molecule has 3 heteroatoms. The van der Waals surface area contributed by atoms with Gasteiger partial charge in [0, 0.05) is 18.0 Å². The van der Waals surface area contributed by atoms with Gasteiger partial charge in [-0.05, 0) is 35.2 Å². The summed E-state index contributed by atoms with van der Waals surface area (Å²) in [6.45, 7) is 2.14. The first-order valence-corrected chi connectivity index (χ1v) is 7.43. The van der Waals surface area contributed by atoms with Crippen molar-refractivity contribution in [2.45, 2.75) is 19.8 Å². The Hall–Kier alpha value is -2.55. The maximum atomic E-state index is 13.0. The van der Waals surface area contributed by atoms with Gasteiger partial charge >= 0.3 is 0 Å². The van der Waals surface area contributed by atoms with E-state index in [0.29, 0.717) is 0 Å². The van der Waals surface area contributed by atoms with Crippen LogP contribution in [0.5, 0.6) is 0 Å². The number of halogens is 1. The van der Waals surface area contributed by atoms with Crippen LogP contribution in [0.25, 0.3) is 22.5 Å². The van der Waals surface area contributed by atoms with E-state index in [0.717, 1.165) is 40.9 Å². The van der Waals surface area contributed by atoms with Crippen LogP contribution in [0.3, 0.4) is 0 Å². The molecule has 0 fully saturated rings. The molecule has 0 aliphatic rings. The smallest absolute Gasteiger partial charge is 0.159 e. The molecular formula is C19H17FN2. The summed E-state index contributed by atoms with van der Waals surface area (Å²) < 4.78 is 13.0. The molecule has 1 heterocycles. The number of aromatic nitrogens is 2. The largest absolute Gasteiger partial charge is 0.236 e. The standard InChI is InChI=1S/C19H17FN2/c1-2-3-14-12-21-19(22-13-14)17-6-4-15(5-7-17)16-8-10-18(20)11-9-16/h4-13H,2-3H2,1H3. The van der Waals surface area contributed by atoms with Crippen LogP contribution in [0.1, 0.15) is 18.9 Å². The first-order chi connectivity index (χ1) is 10.8. The summed E-state index contributed by atoms with van der Waals surface area (Å²) in [5, 5.41) is 0. The first kappa shape index (κ1) is 14.4. The molecule has 0 N–H and O–H groups in total. The number of hydrogen-bond donors (Lipinski definition) is 0. The van der Waals surface area contributed by atoms with Crippen molar-refractivity contribution in [3.8, 4) is 22.5 Å². The van der Waals surface area contributed by atoms with Gasteiger partial charge in [-0.3, -0.25) is 0 Å². The molecule has 0 aliphatic heterocycles. The van der Waals surface area contributed by atoms with Crippen LogP contribution in [0.2, 0.25) is 0 Å². The summed E-state index contributed by atoms with van der Waals surface area (Å²) in [5.41, 5.74) is 4.18. The molecule has 110 valence electrons. The quantitative estimate of drug-likeness (QED) is 0.683. The van der Waals surface area contributed by atoms with E-state index < -0.39 is 0 Å². The van der Waals surface area contributed by atoms with Gasteiger partial charge in [0.25, 0.3) is 0 Å². The number of benzene rings is 2. The molecule has 0 bridgehead atoms. The molecule has 2 nitrogen and oxygen atoms in total. The predicted molar refractivity (Wildman–Crippen MR) is 86.9 cm³/mol. The fourth-order valence-corrected chi connectivity index (χ4v) is 2.38. The summed E-state index contributed by atoms with van der Waals surface area (Å²) in [7, 11) is 0. The number of nitrogens with zero attached hydrogens (tertiary/aromatic N) is 2. The minimum Gasteiger partial charge on any atom is -0.236 e. The predicted octanol–water partition coefficient (Wildman–Crippen LogP) is 4.90. The molecule has 0 amide bonds. The summed E-state index contributed by atoms with van der Waals surface area (Å²) in [6.07, 6.45) is 5.87. The van der Waals surface area contributed by atoms with Crippen LogP contribution in [-0.4, -0.2) is 9.97 Å². The lowest BCUT2D eigenvalue weighted by Crippen LogP contribution is -1.92. The summed E-state index contributed by atoms with van der Waals surface area (Å²) in [6, 6.07) is 14.5. The van der Waals surface area contributed by atoms with E-state index >= 15 is 0 Å². The molecule has 0 saturated heterocycles. The van der Waals surface area contributed by atoms with Crippen molar-refractivity contribution in [2.75, 3.05) is 0 Å². The Morgan fingerprint density at radius 1 is 0.773 bits per heavy atom. The zero-order chi connectivity index (χ0) is 15.4. The molecular weight excluding hydrogens is 275 g/mol. The third-order valence-corrected chi connectivity index (χ3v) is 3.56. The highest BCUT2D eigenvalue weighted by atomic mass is 19.1. The number of aryl methyl sites for hydroxylation is 1. The van der Waals surface area contributed by atoms with Gasteiger partial charge in [0.1, 0.15) is 5.82 Å². The monoisotopic (exact) mass is 292 g/mol.